The molecular weight excluding hydrogens is 292 g/mol. The molecule has 0 radical (unpaired) electrons. The minimum atomic E-state index is 0.0392. The molecule has 0 unspecified atom stereocenters. The highest BCUT2D eigenvalue weighted by atomic mass is 16.3. The number of aromatic nitrogens is 3. The van der Waals surface area contributed by atoms with Crippen molar-refractivity contribution in [1.29, 1.82) is 0 Å². The van der Waals surface area contributed by atoms with Gasteiger partial charge in [0.1, 0.15) is 0 Å². The van der Waals surface area contributed by atoms with Crippen molar-refractivity contribution in [2.75, 3.05) is 41.8 Å². The van der Waals surface area contributed by atoms with E-state index in [2.05, 4.69) is 42.6 Å². The molecule has 0 amide bonds. The predicted molar refractivity (Wildman–Crippen MR) is 90.6 cm³/mol. The zero-order chi connectivity index (χ0) is 15.9. The van der Waals surface area contributed by atoms with E-state index in [1.165, 1.54) is 5.56 Å². The summed E-state index contributed by atoms with van der Waals surface area (Å²) in [6, 6.07) is 10.1. The average molecular weight is 314 g/mol. The molecule has 7 heteroatoms. The first-order chi connectivity index (χ1) is 11.3. The summed E-state index contributed by atoms with van der Waals surface area (Å²) >= 11 is 0. The van der Waals surface area contributed by atoms with Crippen molar-refractivity contribution < 1.29 is 5.11 Å². The van der Waals surface area contributed by atoms with E-state index in [4.69, 9.17) is 5.11 Å². The molecule has 1 aliphatic heterocycles. The Kier molecular flexibility index (Phi) is 5.21. The number of nitrogens with one attached hydrogen (secondary N) is 2. The molecule has 1 aromatic carbocycles. The van der Waals surface area contributed by atoms with E-state index in [-0.39, 0.29) is 6.61 Å². The van der Waals surface area contributed by atoms with Crippen molar-refractivity contribution in [2.24, 2.45) is 0 Å². The SMILES string of the molecule is OCCNc1nc(NCc2ccccc2)nc(N2CCCC2)n1. The van der Waals surface area contributed by atoms with E-state index in [9.17, 15) is 0 Å². The maximum absolute atomic E-state index is 8.97. The lowest BCUT2D eigenvalue weighted by Gasteiger charge is -2.17. The van der Waals surface area contributed by atoms with Gasteiger partial charge in [0.2, 0.25) is 17.8 Å². The van der Waals surface area contributed by atoms with Crippen LogP contribution in [0.3, 0.4) is 0 Å². The molecule has 0 bridgehead atoms. The summed E-state index contributed by atoms with van der Waals surface area (Å²) in [5.41, 5.74) is 1.17. The molecule has 3 N–H and O–H groups in total. The maximum atomic E-state index is 8.97. The van der Waals surface area contributed by atoms with E-state index in [0.29, 0.717) is 30.9 Å². The number of nitrogens with zero attached hydrogens (tertiary/aromatic N) is 4. The molecular formula is C16H22N6O. The van der Waals surface area contributed by atoms with Crippen LogP contribution in [0.25, 0.3) is 0 Å². The summed E-state index contributed by atoms with van der Waals surface area (Å²) in [6.45, 7) is 3.06. The second kappa shape index (κ2) is 7.73. The molecule has 0 saturated carbocycles. The van der Waals surface area contributed by atoms with Crippen LogP contribution < -0.4 is 15.5 Å². The molecule has 1 fully saturated rings. The lowest BCUT2D eigenvalue weighted by molar-refractivity contribution is 0.311. The molecule has 1 aromatic heterocycles. The normalized spacial score (nSPS) is 14.0. The highest BCUT2D eigenvalue weighted by Gasteiger charge is 2.17. The number of benzene rings is 1. The van der Waals surface area contributed by atoms with Crippen molar-refractivity contribution in [3.05, 3.63) is 35.9 Å². The van der Waals surface area contributed by atoms with E-state index >= 15 is 0 Å². The zero-order valence-corrected chi connectivity index (χ0v) is 13.1. The molecule has 2 heterocycles. The highest BCUT2D eigenvalue weighted by Crippen LogP contribution is 2.18. The maximum Gasteiger partial charge on any atom is 0.231 e. The summed E-state index contributed by atoms with van der Waals surface area (Å²) in [5.74, 6) is 1.73. The van der Waals surface area contributed by atoms with Gasteiger partial charge in [-0.15, -0.1) is 0 Å². The molecule has 1 saturated heterocycles. The third kappa shape index (κ3) is 4.29. The quantitative estimate of drug-likeness (QED) is 0.714. The van der Waals surface area contributed by atoms with Gasteiger partial charge in [-0.05, 0) is 18.4 Å². The van der Waals surface area contributed by atoms with E-state index in [0.717, 1.165) is 25.9 Å². The highest BCUT2D eigenvalue weighted by molar-refractivity contribution is 5.44. The van der Waals surface area contributed by atoms with Crippen LogP contribution in [0.4, 0.5) is 17.8 Å². The van der Waals surface area contributed by atoms with Gasteiger partial charge in [-0.2, -0.15) is 15.0 Å². The van der Waals surface area contributed by atoms with Crippen molar-refractivity contribution in [2.45, 2.75) is 19.4 Å². The first-order valence-electron chi connectivity index (χ1n) is 7.99. The Hall–Kier alpha value is -2.41. The number of rotatable bonds is 7. The summed E-state index contributed by atoms with van der Waals surface area (Å²) in [7, 11) is 0. The first kappa shape index (κ1) is 15.5. The average Bonchev–Trinajstić information content (AvgIpc) is 3.14. The molecule has 0 aliphatic carbocycles. The summed E-state index contributed by atoms with van der Waals surface area (Å²) in [4.78, 5) is 15.5. The number of aliphatic hydroxyl groups excluding tert-OH is 1. The van der Waals surface area contributed by atoms with Crippen molar-refractivity contribution in [3.8, 4) is 0 Å². The first-order valence-corrected chi connectivity index (χ1v) is 7.99. The van der Waals surface area contributed by atoms with Gasteiger partial charge in [0.25, 0.3) is 0 Å². The largest absolute Gasteiger partial charge is 0.395 e. The van der Waals surface area contributed by atoms with Crippen LogP contribution in [0, 0.1) is 0 Å². The Morgan fingerprint density at radius 1 is 0.957 bits per heavy atom. The molecule has 3 rings (SSSR count). The van der Waals surface area contributed by atoms with Gasteiger partial charge in [-0.25, -0.2) is 0 Å². The Balaban J connectivity index is 1.75. The summed E-state index contributed by atoms with van der Waals surface area (Å²) in [5, 5.41) is 15.2. The van der Waals surface area contributed by atoms with Gasteiger partial charge in [0.15, 0.2) is 0 Å². The van der Waals surface area contributed by atoms with E-state index in [1.807, 2.05) is 18.2 Å². The van der Waals surface area contributed by atoms with Crippen LogP contribution in [0.5, 0.6) is 0 Å². The topological polar surface area (TPSA) is 86.2 Å². The number of hydrogen-bond donors (Lipinski definition) is 3. The minimum absolute atomic E-state index is 0.0392. The Morgan fingerprint density at radius 3 is 2.35 bits per heavy atom. The fourth-order valence-corrected chi connectivity index (χ4v) is 2.53. The number of anilines is 3. The van der Waals surface area contributed by atoms with Crippen molar-refractivity contribution >= 4 is 17.8 Å². The summed E-state index contributed by atoms with van der Waals surface area (Å²) < 4.78 is 0. The number of hydrogen-bond acceptors (Lipinski definition) is 7. The van der Waals surface area contributed by atoms with Crippen LogP contribution in [0.1, 0.15) is 18.4 Å². The van der Waals surface area contributed by atoms with Crippen LogP contribution in [-0.4, -0.2) is 46.3 Å². The van der Waals surface area contributed by atoms with Gasteiger partial charge in [-0.3, -0.25) is 0 Å². The van der Waals surface area contributed by atoms with Crippen LogP contribution in [0.2, 0.25) is 0 Å². The molecule has 7 nitrogen and oxygen atoms in total. The Labute approximate surface area is 135 Å². The van der Waals surface area contributed by atoms with Gasteiger partial charge in [0, 0.05) is 26.2 Å². The van der Waals surface area contributed by atoms with Gasteiger partial charge < -0.3 is 20.6 Å². The van der Waals surface area contributed by atoms with Crippen LogP contribution in [0.15, 0.2) is 30.3 Å². The van der Waals surface area contributed by atoms with Crippen LogP contribution >= 0.6 is 0 Å². The lowest BCUT2D eigenvalue weighted by atomic mass is 10.2. The summed E-state index contributed by atoms with van der Waals surface area (Å²) in [6.07, 6.45) is 2.33. The monoisotopic (exact) mass is 314 g/mol. The van der Waals surface area contributed by atoms with Gasteiger partial charge in [-0.1, -0.05) is 30.3 Å². The second-order valence-electron chi connectivity index (χ2n) is 5.47. The fraction of sp³-hybridized carbons (Fsp3) is 0.438. The molecule has 2 aromatic rings. The molecule has 23 heavy (non-hydrogen) atoms. The Bertz CT molecular complexity index is 615. The van der Waals surface area contributed by atoms with Crippen LogP contribution in [-0.2, 0) is 6.54 Å². The van der Waals surface area contributed by atoms with Crippen molar-refractivity contribution in [1.82, 2.24) is 15.0 Å². The van der Waals surface area contributed by atoms with E-state index < -0.39 is 0 Å². The fourth-order valence-electron chi connectivity index (χ4n) is 2.53. The molecule has 122 valence electrons. The third-order valence-corrected chi connectivity index (χ3v) is 3.70. The van der Waals surface area contributed by atoms with Crippen molar-refractivity contribution in [3.63, 3.8) is 0 Å². The van der Waals surface area contributed by atoms with E-state index in [1.54, 1.807) is 0 Å². The standard InChI is InChI=1S/C16H22N6O/c23-11-8-17-14-19-15(18-12-13-6-2-1-3-7-13)21-16(20-14)22-9-4-5-10-22/h1-3,6-7,23H,4-5,8-12H2,(H2,17,18,19,20,21). The molecule has 0 spiro atoms. The molecule has 0 atom stereocenters. The Morgan fingerprint density at radius 2 is 1.65 bits per heavy atom. The minimum Gasteiger partial charge on any atom is -0.395 e. The third-order valence-electron chi connectivity index (χ3n) is 3.70. The van der Waals surface area contributed by atoms with Gasteiger partial charge >= 0.3 is 0 Å². The molecule has 1 aliphatic rings. The van der Waals surface area contributed by atoms with Gasteiger partial charge in [0.05, 0.1) is 6.61 Å². The predicted octanol–water partition coefficient (Wildman–Crippen LogP) is 1.49. The number of aliphatic hydroxyl groups is 1. The smallest absolute Gasteiger partial charge is 0.231 e. The lowest BCUT2D eigenvalue weighted by Crippen LogP contribution is -2.22. The zero-order valence-electron chi connectivity index (χ0n) is 13.1. The second-order valence-corrected chi connectivity index (χ2v) is 5.47.